The summed E-state index contributed by atoms with van der Waals surface area (Å²) in [5, 5.41) is 2.42. The second-order valence-electron chi connectivity index (χ2n) is 6.37. The first kappa shape index (κ1) is 19.2. The van der Waals surface area contributed by atoms with Gasteiger partial charge in [-0.05, 0) is 36.8 Å². The molecule has 3 rings (SSSR count). The lowest BCUT2D eigenvalue weighted by Crippen LogP contribution is -2.28. The molecule has 1 heterocycles. The Morgan fingerprint density at radius 3 is 2.59 bits per heavy atom. The van der Waals surface area contributed by atoms with Crippen molar-refractivity contribution in [3.05, 3.63) is 58.6 Å². The molecular formula is C19H16ClF3N2O2. The van der Waals surface area contributed by atoms with Crippen LogP contribution < -0.4 is 10.2 Å². The monoisotopic (exact) mass is 396 g/mol. The van der Waals surface area contributed by atoms with Crippen molar-refractivity contribution in [2.45, 2.75) is 19.5 Å². The van der Waals surface area contributed by atoms with Crippen LogP contribution in [0, 0.1) is 12.8 Å². The van der Waals surface area contributed by atoms with Crippen molar-refractivity contribution in [1.82, 2.24) is 0 Å². The van der Waals surface area contributed by atoms with Crippen molar-refractivity contribution in [2.24, 2.45) is 5.92 Å². The quantitative estimate of drug-likeness (QED) is 0.820. The van der Waals surface area contributed by atoms with Crippen molar-refractivity contribution in [3.8, 4) is 0 Å². The van der Waals surface area contributed by atoms with Gasteiger partial charge in [0.05, 0.1) is 22.2 Å². The number of para-hydroxylation sites is 1. The van der Waals surface area contributed by atoms with Crippen molar-refractivity contribution in [3.63, 3.8) is 0 Å². The molecule has 27 heavy (non-hydrogen) atoms. The Hall–Kier alpha value is -2.54. The average Bonchev–Trinajstić information content (AvgIpc) is 2.98. The van der Waals surface area contributed by atoms with Crippen LogP contribution in [0.1, 0.15) is 17.5 Å². The minimum Gasteiger partial charge on any atom is -0.324 e. The van der Waals surface area contributed by atoms with E-state index in [0.29, 0.717) is 0 Å². The Balaban J connectivity index is 1.76. The molecule has 0 bridgehead atoms. The average molecular weight is 397 g/mol. The smallest absolute Gasteiger partial charge is 0.324 e. The molecule has 1 aliphatic rings. The molecule has 1 atom stereocenters. The topological polar surface area (TPSA) is 49.4 Å². The van der Waals surface area contributed by atoms with Crippen molar-refractivity contribution in [1.29, 1.82) is 0 Å². The first-order valence-electron chi connectivity index (χ1n) is 8.20. The number of anilines is 2. The maximum Gasteiger partial charge on any atom is 0.416 e. The number of alkyl halides is 3. The lowest BCUT2D eigenvalue weighted by Gasteiger charge is -2.19. The molecule has 1 aliphatic heterocycles. The number of rotatable bonds is 3. The summed E-state index contributed by atoms with van der Waals surface area (Å²) in [6, 6.07) is 10.0. The van der Waals surface area contributed by atoms with Crippen LogP contribution in [0.25, 0.3) is 0 Å². The van der Waals surface area contributed by atoms with Gasteiger partial charge in [-0.25, -0.2) is 0 Å². The fourth-order valence-electron chi connectivity index (χ4n) is 3.01. The van der Waals surface area contributed by atoms with Crippen LogP contribution >= 0.6 is 11.6 Å². The minimum atomic E-state index is -4.55. The number of hydrogen-bond acceptors (Lipinski definition) is 2. The molecule has 4 nitrogen and oxygen atoms in total. The number of carbonyl (C=O) groups excluding carboxylic acids is 2. The third kappa shape index (κ3) is 4.08. The summed E-state index contributed by atoms with van der Waals surface area (Å²) in [5.74, 6) is -1.43. The molecule has 0 radical (unpaired) electrons. The Morgan fingerprint density at radius 2 is 1.93 bits per heavy atom. The number of nitrogens with one attached hydrogen (secondary N) is 1. The van der Waals surface area contributed by atoms with E-state index in [0.717, 1.165) is 29.4 Å². The van der Waals surface area contributed by atoms with Gasteiger partial charge in [0.25, 0.3) is 0 Å². The lowest BCUT2D eigenvalue weighted by molar-refractivity contribution is -0.137. The van der Waals surface area contributed by atoms with Gasteiger partial charge < -0.3 is 10.2 Å². The first-order chi connectivity index (χ1) is 12.7. The normalized spacial score (nSPS) is 17.3. The number of benzene rings is 2. The summed E-state index contributed by atoms with van der Waals surface area (Å²) >= 11 is 5.91. The van der Waals surface area contributed by atoms with Crippen LogP contribution in [0.2, 0.25) is 5.02 Å². The van der Waals surface area contributed by atoms with Gasteiger partial charge >= 0.3 is 6.18 Å². The zero-order chi connectivity index (χ0) is 19.8. The van der Waals surface area contributed by atoms with Gasteiger partial charge in [-0.3, -0.25) is 9.59 Å². The maximum absolute atomic E-state index is 12.9. The highest BCUT2D eigenvalue weighted by atomic mass is 35.5. The molecule has 0 spiro atoms. The second-order valence-corrected chi connectivity index (χ2v) is 6.78. The van der Waals surface area contributed by atoms with Crippen LogP contribution in [0.5, 0.6) is 0 Å². The molecular weight excluding hydrogens is 381 g/mol. The van der Waals surface area contributed by atoms with E-state index in [1.807, 2.05) is 19.1 Å². The highest BCUT2D eigenvalue weighted by Crippen LogP contribution is 2.34. The van der Waals surface area contributed by atoms with Gasteiger partial charge in [0.1, 0.15) is 0 Å². The number of nitrogens with zero attached hydrogens (tertiary/aromatic N) is 1. The molecule has 1 saturated heterocycles. The van der Waals surface area contributed by atoms with Crippen LogP contribution in [0.15, 0.2) is 42.5 Å². The van der Waals surface area contributed by atoms with Crippen molar-refractivity contribution < 1.29 is 22.8 Å². The first-order valence-corrected chi connectivity index (χ1v) is 8.58. The van der Waals surface area contributed by atoms with Crippen LogP contribution in [0.3, 0.4) is 0 Å². The number of hydrogen-bond donors (Lipinski definition) is 1. The summed E-state index contributed by atoms with van der Waals surface area (Å²) in [5.41, 5.74) is 0.576. The van der Waals surface area contributed by atoms with E-state index < -0.39 is 23.6 Å². The summed E-state index contributed by atoms with van der Waals surface area (Å²) in [4.78, 5) is 26.3. The van der Waals surface area contributed by atoms with Gasteiger partial charge in [0.15, 0.2) is 0 Å². The van der Waals surface area contributed by atoms with Crippen molar-refractivity contribution in [2.75, 3.05) is 16.8 Å². The van der Waals surface area contributed by atoms with Gasteiger partial charge in [0, 0.05) is 18.7 Å². The summed E-state index contributed by atoms with van der Waals surface area (Å²) < 4.78 is 38.6. The Bertz CT molecular complexity index is 899. The van der Waals surface area contributed by atoms with Crippen LogP contribution in [0.4, 0.5) is 24.5 Å². The fourth-order valence-corrected chi connectivity index (χ4v) is 3.18. The zero-order valence-corrected chi connectivity index (χ0v) is 15.1. The maximum atomic E-state index is 12.9. The number of aryl methyl sites for hydroxylation is 1. The van der Waals surface area contributed by atoms with E-state index in [9.17, 15) is 22.8 Å². The second kappa shape index (κ2) is 7.23. The van der Waals surface area contributed by atoms with E-state index in [-0.39, 0.29) is 29.6 Å². The summed E-state index contributed by atoms with van der Waals surface area (Å²) in [6.45, 7) is 2.02. The van der Waals surface area contributed by atoms with Gasteiger partial charge in [-0.15, -0.1) is 0 Å². The molecule has 0 saturated carbocycles. The molecule has 2 aromatic rings. The van der Waals surface area contributed by atoms with Gasteiger partial charge in [-0.1, -0.05) is 29.8 Å². The number of carbonyl (C=O) groups is 2. The van der Waals surface area contributed by atoms with E-state index in [1.54, 1.807) is 12.1 Å². The number of halogens is 4. The van der Waals surface area contributed by atoms with Crippen LogP contribution in [-0.2, 0) is 15.8 Å². The summed E-state index contributed by atoms with van der Waals surface area (Å²) in [6.07, 6.45) is -4.56. The standard InChI is InChI=1S/C19H16ClF3N2O2/c1-11-4-2-3-5-16(11)25-10-12(8-17(25)26)18(27)24-15-9-13(19(21,22)23)6-7-14(15)20/h2-7,9,12H,8,10H2,1H3,(H,24,27). The molecule has 142 valence electrons. The molecule has 0 aliphatic carbocycles. The molecule has 8 heteroatoms. The lowest BCUT2D eigenvalue weighted by atomic mass is 10.1. The molecule has 0 aromatic heterocycles. The largest absolute Gasteiger partial charge is 0.416 e. The third-order valence-corrected chi connectivity index (χ3v) is 4.78. The Morgan fingerprint density at radius 1 is 1.22 bits per heavy atom. The van der Waals surface area contributed by atoms with Gasteiger partial charge in [0.2, 0.25) is 11.8 Å². The predicted molar refractivity (Wildman–Crippen MR) is 96.7 cm³/mol. The fraction of sp³-hybridized carbons (Fsp3) is 0.263. The van der Waals surface area contributed by atoms with E-state index >= 15 is 0 Å². The highest BCUT2D eigenvalue weighted by molar-refractivity contribution is 6.33. The van der Waals surface area contributed by atoms with Crippen molar-refractivity contribution >= 4 is 34.8 Å². The third-order valence-electron chi connectivity index (χ3n) is 4.45. The highest BCUT2D eigenvalue weighted by Gasteiger charge is 2.36. The Kier molecular flexibility index (Phi) is 5.15. The van der Waals surface area contributed by atoms with E-state index in [4.69, 9.17) is 11.6 Å². The molecule has 1 fully saturated rings. The minimum absolute atomic E-state index is 0.00330. The SMILES string of the molecule is Cc1ccccc1N1CC(C(=O)Nc2cc(C(F)(F)F)ccc2Cl)CC1=O. The number of amides is 2. The Labute approximate surface area is 158 Å². The predicted octanol–water partition coefficient (Wildman–Crippen LogP) is 4.66. The zero-order valence-electron chi connectivity index (χ0n) is 14.3. The van der Waals surface area contributed by atoms with Gasteiger partial charge in [-0.2, -0.15) is 13.2 Å². The van der Waals surface area contributed by atoms with Crippen LogP contribution in [-0.4, -0.2) is 18.4 Å². The summed E-state index contributed by atoms with van der Waals surface area (Å²) in [7, 11) is 0. The van der Waals surface area contributed by atoms with E-state index in [1.165, 1.54) is 4.90 Å². The molecule has 1 unspecified atom stereocenters. The molecule has 1 N–H and O–H groups in total. The molecule has 2 amide bonds. The van der Waals surface area contributed by atoms with E-state index in [2.05, 4.69) is 5.32 Å². The molecule has 2 aromatic carbocycles.